The van der Waals surface area contributed by atoms with Crippen molar-refractivity contribution >= 4 is 11.6 Å². The van der Waals surface area contributed by atoms with Crippen molar-refractivity contribution in [2.75, 3.05) is 6.61 Å². The third kappa shape index (κ3) is 3.98. The van der Waals surface area contributed by atoms with Crippen LogP contribution in [0.3, 0.4) is 0 Å². The summed E-state index contributed by atoms with van der Waals surface area (Å²) >= 11 is 6.12. The van der Waals surface area contributed by atoms with Gasteiger partial charge in [-0.25, -0.2) is 4.98 Å². The second-order valence-electron chi connectivity index (χ2n) is 5.30. The van der Waals surface area contributed by atoms with E-state index in [-0.39, 0.29) is 5.41 Å². The van der Waals surface area contributed by atoms with Gasteiger partial charge in [-0.2, -0.15) is 4.98 Å². The van der Waals surface area contributed by atoms with Crippen LogP contribution in [0.5, 0.6) is 5.88 Å². The Hall–Kier alpha value is -1.09. The summed E-state index contributed by atoms with van der Waals surface area (Å²) in [5.74, 6) is 1.29. The van der Waals surface area contributed by atoms with Crippen LogP contribution in [0.15, 0.2) is 12.7 Å². The number of hydrogen-bond acceptors (Lipinski definition) is 3. The number of hydrogen-bond donors (Lipinski definition) is 0. The van der Waals surface area contributed by atoms with Gasteiger partial charge in [-0.1, -0.05) is 38.4 Å². The molecule has 0 radical (unpaired) electrons. The van der Waals surface area contributed by atoms with Crippen LogP contribution in [0, 0.1) is 6.92 Å². The highest BCUT2D eigenvalue weighted by Crippen LogP contribution is 2.27. The van der Waals surface area contributed by atoms with Crippen LogP contribution in [0.2, 0.25) is 5.15 Å². The fraction of sp³-hybridized carbons (Fsp3) is 0.571. The predicted octanol–water partition coefficient (Wildman–Crippen LogP) is 4.08. The Labute approximate surface area is 114 Å². The van der Waals surface area contributed by atoms with E-state index in [9.17, 15) is 0 Å². The first kappa shape index (κ1) is 15.0. The molecule has 1 aromatic rings. The lowest BCUT2D eigenvalue weighted by Gasteiger charge is -2.18. The van der Waals surface area contributed by atoms with Gasteiger partial charge in [-0.15, -0.1) is 6.58 Å². The van der Waals surface area contributed by atoms with Crippen LogP contribution in [-0.2, 0) is 5.41 Å². The van der Waals surface area contributed by atoms with Crippen LogP contribution in [-0.4, -0.2) is 16.6 Å². The zero-order valence-electron chi connectivity index (χ0n) is 11.6. The number of unbranched alkanes of at least 4 members (excludes halogenated alkanes) is 1. The molecule has 1 rings (SSSR count). The lowest BCUT2D eigenvalue weighted by molar-refractivity contribution is 0.294. The number of rotatable bonds is 5. The summed E-state index contributed by atoms with van der Waals surface area (Å²) in [4.78, 5) is 8.77. The van der Waals surface area contributed by atoms with Gasteiger partial charge >= 0.3 is 0 Å². The second-order valence-corrected chi connectivity index (χ2v) is 5.66. The van der Waals surface area contributed by atoms with Crippen molar-refractivity contribution in [3.8, 4) is 5.88 Å². The minimum Gasteiger partial charge on any atom is -0.477 e. The normalized spacial score (nSPS) is 11.4. The monoisotopic (exact) mass is 268 g/mol. The lowest BCUT2D eigenvalue weighted by atomic mass is 9.96. The van der Waals surface area contributed by atoms with E-state index < -0.39 is 0 Å². The summed E-state index contributed by atoms with van der Waals surface area (Å²) in [5.41, 5.74) is 0.652. The molecular weight excluding hydrogens is 248 g/mol. The minimum absolute atomic E-state index is 0.142. The molecule has 4 heteroatoms. The van der Waals surface area contributed by atoms with Crippen LogP contribution < -0.4 is 4.74 Å². The molecule has 0 aliphatic heterocycles. The Kier molecular flexibility index (Phi) is 5.15. The maximum absolute atomic E-state index is 6.12. The van der Waals surface area contributed by atoms with Gasteiger partial charge in [0.1, 0.15) is 11.0 Å². The highest BCUT2D eigenvalue weighted by molar-refractivity contribution is 6.30. The first-order valence-corrected chi connectivity index (χ1v) is 6.52. The van der Waals surface area contributed by atoms with E-state index in [1.54, 1.807) is 0 Å². The average Bonchev–Trinajstić information content (AvgIpc) is 2.28. The van der Waals surface area contributed by atoms with E-state index in [1.807, 2.05) is 13.0 Å². The second kappa shape index (κ2) is 6.19. The Balaban J connectivity index is 2.89. The molecular formula is C14H21ClN2O. The maximum atomic E-state index is 6.12. The molecule has 0 aliphatic rings. The lowest BCUT2D eigenvalue weighted by Crippen LogP contribution is -2.17. The van der Waals surface area contributed by atoms with Crippen molar-refractivity contribution in [3.05, 3.63) is 29.2 Å². The molecule has 100 valence electrons. The third-order valence-electron chi connectivity index (χ3n) is 2.50. The van der Waals surface area contributed by atoms with Crippen molar-refractivity contribution in [1.29, 1.82) is 0 Å². The molecule has 0 saturated carbocycles. The van der Waals surface area contributed by atoms with Crippen molar-refractivity contribution < 1.29 is 4.74 Å². The van der Waals surface area contributed by atoms with Crippen LogP contribution >= 0.6 is 11.6 Å². The maximum Gasteiger partial charge on any atom is 0.221 e. The van der Waals surface area contributed by atoms with Crippen molar-refractivity contribution in [3.63, 3.8) is 0 Å². The van der Waals surface area contributed by atoms with Gasteiger partial charge in [-0.3, -0.25) is 0 Å². The van der Waals surface area contributed by atoms with Crippen molar-refractivity contribution in [1.82, 2.24) is 9.97 Å². The summed E-state index contributed by atoms with van der Waals surface area (Å²) in [6.07, 6.45) is 3.74. The topological polar surface area (TPSA) is 35.0 Å². The fourth-order valence-electron chi connectivity index (χ4n) is 1.34. The molecule has 1 heterocycles. The molecule has 0 spiro atoms. The van der Waals surface area contributed by atoms with Gasteiger partial charge in [0.15, 0.2) is 0 Å². The molecule has 0 fully saturated rings. The zero-order valence-corrected chi connectivity index (χ0v) is 12.3. The van der Waals surface area contributed by atoms with E-state index in [0.29, 0.717) is 23.5 Å². The predicted molar refractivity (Wildman–Crippen MR) is 75.4 cm³/mol. The quantitative estimate of drug-likeness (QED) is 0.458. The van der Waals surface area contributed by atoms with Crippen LogP contribution in [0.25, 0.3) is 0 Å². The van der Waals surface area contributed by atoms with E-state index >= 15 is 0 Å². The van der Waals surface area contributed by atoms with Gasteiger partial charge in [0, 0.05) is 11.0 Å². The fourth-order valence-corrected chi connectivity index (χ4v) is 1.50. The summed E-state index contributed by atoms with van der Waals surface area (Å²) < 4.78 is 5.67. The minimum atomic E-state index is -0.142. The molecule has 3 nitrogen and oxygen atoms in total. The zero-order chi connectivity index (χ0) is 13.8. The molecule has 0 amide bonds. The average molecular weight is 269 g/mol. The summed E-state index contributed by atoms with van der Waals surface area (Å²) in [5, 5.41) is 0.466. The number of allylic oxidation sites excluding steroid dienone is 1. The Bertz CT molecular complexity index is 425. The van der Waals surface area contributed by atoms with Gasteiger partial charge in [0.05, 0.1) is 6.61 Å². The first-order chi connectivity index (χ1) is 8.36. The van der Waals surface area contributed by atoms with E-state index in [0.717, 1.165) is 18.4 Å². The smallest absolute Gasteiger partial charge is 0.221 e. The highest BCUT2D eigenvalue weighted by atomic mass is 35.5. The van der Waals surface area contributed by atoms with Gasteiger partial charge < -0.3 is 4.74 Å². The molecule has 1 aromatic heterocycles. The Morgan fingerprint density at radius 3 is 2.56 bits per heavy atom. The van der Waals surface area contributed by atoms with Crippen molar-refractivity contribution in [2.24, 2.45) is 0 Å². The molecule has 0 N–H and O–H groups in total. The first-order valence-electron chi connectivity index (χ1n) is 6.14. The Morgan fingerprint density at radius 1 is 1.33 bits per heavy atom. The largest absolute Gasteiger partial charge is 0.477 e. The Morgan fingerprint density at radius 2 is 2.00 bits per heavy atom. The number of nitrogens with zero attached hydrogens (tertiary/aromatic N) is 2. The molecule has 0 atom stereocenters. The molecule has 18 heavy (non-hydrogen) atoms. The molecule has 0 unspecified atom stereocenters. The third-order valence-corrected chi connectivity index (χ3v) is 2.87. The summed E-state index contributed by atoms with van der Waals surface area (Å²) in [7, 11) is 0. The van der Waals surface area contributed by atoms with Crippen LogP contribution in [0.4, 0.5) is 0 Å². The summed E-state index contributed by atoms with van der Waals surface area (Å²) in [6.45, 7) is 12.3. The van der Waals surface area contributed by atoms with Gasteiger partial charge in [0.2, 0.25) is 5.88 Å². The highest BCUT2D eigenvalue weighted by Gasteiger charge is 2.21. The number of ether oxygens (including phenoxy) is 1. The van der Waals surface area contributed by atoms with Crippen molar-refractivity contribution in [2.45, 2.75) is 46.0 Å². The van der Waals surface area contributed by atoms with E-state index in [1.165, 1.54) is 0 Å². The molecule has 0 aliphatic carbocycles. The molecule has 0 aromatic carbocycles. The number of aromatic nitrogens is 2. The van der Waals surface area contributed by atoms with Gasteiger partial charge in [0.25, 0.3) is 0 Å². The van der Waals surface area contributed by atoms with E-state index in [2.05, 4.69) is 37.3 Å². The molecule has 0 bridgehead atoms. The summed E-state index contributed by atoms with van der Waals surface area (Å²) in [6, 6.07) is 0. The molecule has 0 saturated heterocycles. The SMILES string of the molecule is C=CCCCOc1nc(C(C)(C)C)nc(Cl)c1C. The van der Waals surface area contributed by atoms with Gasteiger partial charge in [-0.05, 0) is 19.8 Å². The van der Waals surface area contributed by atoms with E-state index in [4.69, 9.17) is 16.3 Å². The number of halogens is 1. The van der Waals surface area contributed by atoms with Crippen LogP contribution in [0.1, 0.15) is 45.0 Å². The standard InChI is InChI=1S/C14H21ClN2O/c1-6-7-8-9-18-12-10(2)11(15)16-13(17-12)14(3,4)5/h6H,1,7-9H2,2-5H3.